The molecule has 0 aliphatic carbocycles. The molecule has 0 unspecified atom stereocenters. The maximum Gasteiger partial charge on any atom is 0.195 e. The summed E-state index contributed by atoms with van der Waals surface area (Å²) in [5.41, 5.74) is 6.88. The number of nitrogens with two attached hydrogens (primary N) is 1. The summed E-state index contributed by atoms with van der Waals surface area (Å²) < 4.78 is 2.42. The normalized spacial score (nSPS) is 10.9. The third-order valence-corrected chi connectivity index (χ3v) is 4.21. The third kappa shape index (κ3) is 1.87. The van der Waals surface area contributed by atoms with Gasteiger partial charge in [-0.3, -0.25) is 9.67 Å². The lowest BCUT2D eigenvalue weighted by molar-refractivity contribution is 0.816. The fraction of sp³-hybridized carbons (Fsp3) is 0.0833. The van der Waals surface area contributed by atoms with Crippen molar-refractivity contribution in [3.63, 3.8) is 0 Å². The fourth-order valence-electron chi connectivity index (χ4n) is 1.91. The minimum Gasteiger partial charge on any atom is -0.397 e. The molecule has 96 valence electrons. The summed E-state index contributed by atoms with van der Waals surface area (Å²) in [6, 6.07) is 3.83. The van der Waals surface area contributed by atoms with Crippen molar-refractivity contribution in [1.29, 1.82) is 0 Å². The van der Waals surface area contributed by atoms with Gasteiger partial charge >= 0.3 is 0 Å². The average Bonchev–Trinajstić information content (AvgIpc) is 2.93. The van der Waals surface area contributed by atoms with Crippen molar-refractivity contribution < 1.29 is 0 Å². The van der Waals surface area contributed by atoms with Gasteiger partial charge in [0.15, 0.2) is 10.6 Å². The average molecular weight is 289 g/mol. The van der Waals surface area contributed by atoms with Gasteiger partial charge in [-0.1, -0.05) is 6.08 Å². The number of thiophene rings is 1. The molecule has 0 amide bonds. The zero-order valence-electron chi connectivity index (χ0n) is 9.96. The van der Waals surface area contributed by atoms with E-state index in [-0.39, 0.29) is 0 Å². The van der Waals surface area contributed by atoms with Crippen molar-refractivity contribution in [3.05, 3.63) is 35.8 Å². The molecule has 0 fully saturated rings. The van der Waals surface area contributed by atoms with E-state index in [0.717, 1.165) is 20.9 Å². The van der Waals surface area contributed by atoms with Crippen molar-refractivity contribution in [1.82, 2.24) is 19.7 Å². The van der Waals surface area contributed by atoms with Crippen molar-refractivity contribution in [3.8, 4) is 10.7 Å². The van der Waals surface area contributed by atoms with Crippen molar-refractivity contribution in [2.24, 2.45) is 0 Å². The fourth-order valence-corrected chi connectivity index (χ4v) is 3.18. The molecule has 3 heterocycles. The Morgan fingerprint density at radius 2 is 2.42 bits per heavy atom. The smallest absolute Gasteiger partial charge is 0.195 e. The molecule has 19 heavy (non-hydrogen) atoms. The molecule has 0 saturated carbocycles. The van der Waals surface area contributed by atoms with Gasteiger partial charge in [-0.15, -0.1) is 17.9 Å². The number of nitrogen functional groups attached to an aromatic ring is 1. The van der Waals surface area contributed by atoms with Gasteiger partial charge in [0.1, 0.15) is 4.83 Å². The van der Waals surface area contributed by atoms with E-state index in [4.69, 9.17) is 18.0 Å². The summed E-state index contributed by atoms with van der Waals surface area (Å²) >= 11 is 6.72. The van der Waals surface area contributed by atoms with Crippen LogP contribution < -0.4 is 5.73 Å². The zero-order chi connectivity index (χ0) is 13.4. The molecule has 3 aromatic rings. The SMILES string of the molecule is C=CCn1c(-c2sc3ncccc3c2N)n[nH]c1=S. The molecular weight excluding hydrogens is 278 g/mol. The van der Waals surface area contributed by atoms with Crippen LogP contribution in [0.3, 0.4) is 0 Å². The van der Waals surface area contributed by atoms with Crippen LogP contribution in [0.25, 0.3) is 20.9 Å². The Morgan fingerprint density at radius 3 is 3.16 bits per heavy atom. The predicted molar refractivity (Wildman–Crippen MR) is 80.6 cm³/mol. The molecule has 5 nitrogen and oxygen atoms in total. The summed E-state index contributed by atoms with van der Waals surface area (Å²) in [5, 5.41) is 8.00. The number of aromatic amines is 1. The molecular formula is C12H11N5S2. The van der Waals surface area contributed by atoms with Crippen LogP contribution in [0.2, 0.25) is 0 Å². The number of hydrogen-bond donors (Lipinski definition) is 2. The standard InChI is InChI=1S/C12H11N5S2/c1-2-6-17-10(15-16-12(17)18)9-8(13)7-4-3-5-14-11(7)19-9/h2-5H,1,6,13H2,(H,16,18). The summed E-state index contributed by atoms with van der Waals surface area (Å²) in [4.78, 5) is 6.09. The minimum atomic E-state index is 0.555. The second-order valence-electron chi connectivity index (χ2n) is 3.95. The Balaban J connectivity index is 2.27. The van der Waals surface area contributed by atoms with E-state index in [9.17, 15) is 0 Å². The zero-order valence-corrected chi connectivity index (χ0v) is 11.6. The second kappa shape index (κ2) is 4.60. The van der Waals surface area contributed by atoms with Crippen LogP contribution in [0.1, 0.15) is 0 Å². The lowest BCUT2D eigenvalue weighted by atomic mass is 10.2. The van der Waals surface area contributed by atoms with Crippen molar-refractivity contribution >= 4 is 39.5 Å². The van der Waals surface area contributed by atoms with Gasteiger partial charge in [-0.25, -0.2) is 4.98 Å². The molecule has 0 aromatic carbocycles. The summed E-state index contributed by atoms with van der Waals surface area (Å²) in [5.74, 6) is 0.727. The van der Waals surface area contributed by atoms with Crippen LogP contribution in [0, 0.1) is 4.77 Å². The van der Waals surface area contributed by atoms with E-state index in [2.05, 4.69) is 21.8 Å². The van der Waals surface area contributed by atoms with Crippen LogP contribution in [-0.4, -0.2) is 19.7 Å². The summed E-state index contributed by atoms with van der Waals surface area (Å²) in [6.07, 6.45) is 3.53. The van der Waals surface area contributed by atoms with Gasteiger partial charge in [0.25, 0.3) is 0 Å². The maximum absolute atomic E-state index is 6.19. The first-order valence-electron chi connectivity index (χ1n) is 5.62. The predicted octanol–water partition coefficient (Wildman–Crippen LogP) is 2.99. The topological polar surface area (TPSA) is 72.5 Å². The van der Waals surface area contributed by atoms with Gasteiger partial charge < -0.3 is 5.73 Å². The number of aromatic nitrogens is 4. The quantitative estimate of drug-likeness (QED) is 0.574. The van der Waals surface area contributed by atoms with Gasteiger partial charge in [0.05, 0.1) is 10.6 Å². The van der Waals surface area contributed by atoms with E-state index < -0.39 is 0 Å². The highest BCUT2D eigenvalue weighted by molar-refractivity contribution is 7.71. The molecule has 3 aromatic heterocycles. The molecule has 0 atom stereocenters. The second-order valence-corrected chi connectivity index (χ2v) is 5.34. The Labute approximate surface area is 118 Å². The number of hydrogen-bond acceptors (Lipinski definition) is 5. The molecule has 3 rings (SSSR count). The van der Waals surface area contributed by atoms with E-state index in [1.807, 2.05) is 16.7 Å². The lowest BCUT2D eigenvalue weighted by Gasteiger charge is -2.02. The van der Waals surface area contributed by atoms with Crippen LogP contribution in [0.15, 0.2) is 31.0 Å². The van der Waals surface area contributed by atoms with Gasteiger partial charge in [-0.2, -0.15) is 5.10 Å². The van der Waals surface area contributed by atoms with E-state index in [1.54, 1.807) is 12.3 Å². The number of nitrogens with one attached hydrogen (secondary N) is 1. The van der Waals surface area contributed by atoms with Crippen LogP contribution >= 0.6 is 23.6 Å². The minimum absolute atomic E-state index is 0.555. The van der Waals surface area contributed by atoms with Crippen molar-refractivity contribution in [2.45, 2.75) is 6.54 Å². The maximum atomic E-state index is 6.19. The largest absolute Gasteiger partial charge is 0.397 e. The Morgan fingerprint density at radius 1 is 1.58 bits per heavy atom. The molecule has 0 bridgehead atoms. The van der Waals surface area contributed by atoms with Gasteiger partial charge in [-0.05, 0) is 24.4 Å². The Hall–Kier alpha value is -1.99. The molecule has 0 radical (unpaired) electrons. The Kier molecular flexibility index (Phi) is 2.92. The first-order valence-corrected chi connectivity index (χ1v) is 6.84. The number of allylic oxidation sites excluding steroid dienone is 1. The molecule has 0 aliphatic heterocycles. The summed E-state index contributed by atoms with van der Waals surface area (Å²) in [6.45, 7) is 4.32. The summed E-state index contributed by atoms with van der Waals surface area (Å²) in [7, 11) is 0. The highest BCUT2D eigenvalue weighted by atomic mass is 32.1. The van der Waals surface area contributed by atoms with Gasteiger partial charge in [0, 0.05) is 18.1 Å². The van der Waals surface area contributed by atoms with Crippen molar-refractivity contribution in [2.75, 3.05) is 5.73 Å². The molecule has 7 heteroatoms. The van der Waals surface area contributed by atoms with E-state index in [1.165, 1.54) is 11.3 Å². The molecule has 0 aliphatic rings. The number of fused-ring (bicyclic) bond motifs is 1. The number of nitrogens with zero attached hydrogens (tertiary/aromatic N) is 3. The van der Waals surface area contributed by atoms with Crippen LogP contribution in [0.5, 0.6) is 0 Å². The highest BCUT2D eigenvalue weighted by Gasteiger charge is 2.16. The highest BCUT2D eigenvalue weighted by Crippen LogP contribution is 2.38. The molecule has 0 spiro atoms. The number of H-pyrrole nitrogens is 1. The Bertz CT molecular complexity index is 811. The molecule has 0 saturated heterocycles. The number of pyridine rings is 1. The first-order chi connectivity index (χ1) is 9.22. The van der Waals surface area contributed by atoms with Gasteiger partial charge in [0.2, 0.25) is 0 Å². The van der Waals surface area contributed by atoms with Crippen LogP contribution in [-0.2, 0) is 6.54 Å². The number of anilines is 1. The van der Waals surface area contributed by atoms with Crippen LogP contribution in [0.4, 0.5) is 5.69 Å². The monoisotopic (exact) mass is 289 g/mol. The lowest BCUT2D eigenvalue weighted by Crippen LogP contribution is -1.98. The van der Waals surface area contributed by atoms with E-state index in [0.29, 0.717) is 17.0 Å². The first kappa shape index (κ1) is 12.1. The van der Waals surface area contributed by atoms with E-state index >= 15 is 0 Å². The number of rotatable bonds is 3. The molecule has 3 N–H and O–H groups in total. The third-order valence-electron chi connectivity index (χ3n) is 2.78.